The fraction of sp³-hybridized carbons (Fsp3) is 0.429. The zero-order chi connectivity index (χ0) is 14.9. The lowest BCUT2D eigenvalue weighted by Gasteiger charge is -2.07. The number of nitrogens with one attached hydrogen (secondary N) is 3. The number of nitrogens with zero attached hydrogens (tertiary/aromatic N) is 4. The predicted octanol–water partition coefficient (Wildman–Crippen LogP) is 1.54. The minimum atomic E-state index is 0.211. The number of imidazole rings is 1. The second-order valence-electron chi connectivity index (χ2n) is 5.57. The van der Waals surface area contributed by atoms with Crippen LogP contribution < -0.4 is 11.1 Å². The molecule has 0 unspecified atom stereocenters. The molecule has 3 heterocycles. The third kappa shape index (κ3) is 2.26. The van der Waals surface area contributed by atoms with Gasteiger partial charge in [-0.15, -0.1) is 0 Å². The van der Waals surface area contributed by atoms with E-state index in [0.29, 0.717) is 18.0 Å². The molecule has 22 heavy (non-hydrogen) atoms. The Labute approximate surface area is 127 Å². The van der Waals surface area contributed by atoms with Gasteiger partial charge in [0.25, 0.3) is 0 Å². The SMILES string of the molecule is Nc1nc(NCc2n[nH]c3c2CCCCC3)c2[nH]cnc2n1. The van der Waals surface area contributed by atoms with E-state index in [1.165, 1.54) is 30.5 Å². The number of nitrogens with two attached hydrogens (primary N) is 1. The first-order valence-electron chi connectivity index (χ1n) is 7.57. The molecule has 0 spiro atoms. The summed E-state index contributed by atoms with van der Waals surface area (Å²) >= 11 is 0. The van der Waals surface area contributed by atoms with Gasteiger partial charge in [0.2, 0.25) is 5.95 Å². The van der Waals surface area contributed by atoms with Crippen molar-refractivity contribution in [1.29, 1.82) is 0 Å². The summed E-state index contributed by atoms with van der Waals surface area (Å²) < 4.78 is 0. The Hall–Kier alpha value is -2.64. The van der Waals surface area contributed by atoms with Crippen molar-refractivity contribution in [3.8, 4) is 0 Å². The maximum Gasteiger partial charge on any atom is 0.224 e. The molecule has 4 rings (SSSR count). The topological polar surface area (TPSA) is 121 Å². The Kier molecular flexibility index (Phi) is 3.14. The van der Waals surface area contributed by atoms with E-state index < -0.39 is 0 Å². The number of hydrogen-bond acceptors (Lipinski definition) is 6. The van der Waals surface area contributed by atoms with Gasteiger partial charge in [-0.3, -0.25) is 5.10 Å². The van der Waals surface area contributed by atoms with Gasteiger partial charge in [0, 0.05) is 5.69 Å². The van der Waals surface area contributed by atoms with Crippen molar-refractivity contribution < 1.29 is 0 Å². The maximum atomic E-state index is 5.73. The average Bonchev–Trinajstić information content (AvgIpc) is 3.05. The largest absolute Gasteiger partial charge is 0.368 e. The van der Waals surface area contributed by atoms with Crippen LogP contribution in [0.2, 0.25) is 0 Å². The first kappa shape index (κ1) is 13.1. The van der Waals surface area contributed by atoms with E-state index in [9.17, 15) is 0 Å². The van der Waals surface area contributed by atoms with E-state index in [2.05, 4.69) is 35.5 Å². The molecule has 5 N–H and O–H groups in total. The van der Waals surface area contributed by atoms with Crippen molar-refractivity contribution in [1.82, 2.24) is 30.1 Å². The van der Waals surface area contributed by atoms with Crippen molar-refractivity contribution in [3.63, 3.8) is 0 Å². The van der Waals surface area contributed by atoms with Gasteiger partial charge in [-0.1, -0.05) is 6.42 Å². The van der Waals surface area contributed by atoms with Crippen LogP contribution in [0.4, 0.5) is 11.8 Å². The molecule has 1 aliphatic rings. The second kappa shape index (κ2) is 5.28. The predicted molar refractivity (Wildman–Crippen MR) is 83.3 cm³/mol. The molecule has 1 aliphatic carbocycles. The molecule has 0 atom stereocenters. The Morgan fingerprint density at radius 3 is 3.05 bits per heavy atom. The zero-order valence-electron chi connectivity index (χ0n) is 12.2. The number of aryl methyl sites for hydroxylation is 1. The molecule has 0 bridgehead atoms. The molecule has 0 saturated carbocycles. The third-order valence-electron chi connectivity index (χ3n) is 4.12. The van der Waals surface area contributed by atoms with Gasteiger partial charge in [-0.2, -0.15) is 15.1 Å². The lowest BCUT2D eigenvalue weighted by molar-refractivity contribution is 0.699. The highest BCUT2D eigenvalue weighted by molar-refractivity contribution is 5.83. The van der Waals surface area contributed by atoms with E-state index in [1.807, 2.05) is 0 Å². The van der Waals surface area contributed by atoms with E-state index in [-0.39, 0.29) is 5.95 Å². The van der Waals surface area contributed by atoms with Gasteiger partial charge in [0.05, 0.1) is 18.6 Å². The molecule has 0 radical (unpaired) electrons. The Bertz CT molecular complexity index is 802. The van der Waals surface area contributed by atoms with E-state index in [0.717, 1.165) is 24.1 Å². The number of rotatable bonds is 3. The molecule has 114 valence electrons. The van der Waals surface area contributed by atoms with Gasteiger partial charge >= 0.3 is 0 Å². The first-order chi connectivity index (χ1) is 10.8. The molecule has 0 aromatic carbocycles. The Morgan fingerprint density at radius 1 is 1.18 bits per heavy atom. The van der Waals surface area contributed by atoms with Crippen LogP contribution in [0.5, 0.6) is 0 Å². The third-order valence-corrected chi connectivity index (χ3v) is 4.12. The molecule has 8 heteroatoms. The number of fused-ring (bicyclic) bond motifs is 2. The summed E-state index contributed by atoms with van der Waals surface area (Å²) in [4.78, 5) is 15.5. The van der Waals surface area contributed by atoms with E-state index >= 15 is 0 Å². The van der Waals surface area contributed by atoms with Crippen molar-refractivity contribution in [2.45, 2.75) is 38.6 Å². The van der Waals surface area contributed by atoms with Crippen LogP contribution >= 0.6 is 0 Å². The monoisotopic (exact) mass is 298 g/mol. The lowest BCUT2D eigenvalue weighted by atomic mass is 10.1. The van der Waals surface area contributed by atoms with E-state index in [1.54, 1.807) is 6.33 Å². The van der Waals surface area contributed by atoms with Crippen molar-refractivity contribution in [2.24, 2.45) is 0 Å². The standard InChI is InChI=1S/C14H18N8/c15-14-19-12(11-13(20-14)18-7-17-11)16-6-10-8-4-2-1-3-5-9(8)21-22-10/h7H,1-6H2,(H,21,22)(H4,15,16,17,18,19,20). The molecule has 0 aliphatic heterocycles. The summed E-state index contributed by atoms with van der Waals surface area (Å²) in [6.45, 7) is 0.608. The van der Waals surface area contributed by atoms with Crippen LogP contribution in [0, 0.1) is 0 Å². The molecule has 3 aromatic rings. The highest BCUT2D eigenvalue weighted by Crippen LogP contribution is 2.23. The minimum absolute atomic E-state index is 0.211. The molecule has 0 amide bonds. The molecule has 0 fully saturated rings. The number of anilines is 2. The van der Waals surface area contributed by atoms with Crippen LogP contribution in [-0.4, -0.2) is 30.1 Å². The summed E-state index contributed by atoms with van der Waals surface area (Å²) in [5.41, 5.74) is 10.7. The highest BCUT2D eigenvalue weighted by Gasteiger charge is 2.16. The number of aromatic nitrogens is 6. The lowest BCUT2D eigenvalue weighted by Crippen LogP contribution is -2.07. The van der Waals surface area contributed by atoms with Crippen LogP contribution in [-0.2, 0) is 19.4 Å². The molecule has 8 nitrogen and oxygen atoms in total. The fourth-order valence-corrected chi connectivity index (χ4v) is 3.02. The summed E-state index contributed by atoms with van der Waals surface area (Å²) in [6.07, 6.45) is 7.52. The summed E-state index contributed by atoms with van der Waals surface area (Å²) in [5, 5.41) is 10.9. The number of hydrogen-bond donors (Lipinski definition) is 4. The van der Waals surface area contributed by atoms with E-state index in [4.69, 9.17) is 5.73 Å². The fourth-order valence-electron chi connectivity index (χ4n) is 3.02. The normalized spacial score (nSPS) is 14.7. The molecular weight excluding hydrogens is 280 g/mol. The van der Waals surface area contributed by atoms with Crippen molar-refractivity contribution >= 4 is 22.9 Å². The second-order valence-corrected chi connectivity index (χ2v) is 5.57. The molecule has 3 aromatic heterocycles. The van der Waals surface area contributed by atoms with Gasteiger partial charge in [-0.25, -0.2) is 4.98 Å². The first-order valence-corrected chi connectivity index (χ1v) is 7.57. The molecule has 0 saturated heterocycles. The maximum absolute atomic E-state index is 5.73. The minimum Gasteiger partial charge on any atom is -0.368 e. The molecular formula is C14H18N8. The number of aromatic amines is 2. The number of nitrogen functional groups attached to an aromatic ring is 1. The average molecular weight is 298 g/mol. The zero-order valence-corrected chi connectivity index (χ0v) is 12.2. The van der Waals surface area contributed by atoms with Crippen molar-refractivity contribution in [2.75, 3.05) is 11.1 Å². The number of H-pyrrole nitrogens is 2. The van der Waals surface area contributed by atoms with Crippen LogP contribution in [0.1, 0.15) is 36.2 Å². The summed E-state index contributed by atoms with van der Waals surface area (Å²) in [5.74, 6) is 0.869. The highest BCUT2D eigenvalue weighted by atomic mass is 15.2. The Morgan fingerprint density at radius 2 is 2.09 bits per heavy atom. The van der Waals surface area contributed by atoms with Crippen molar-refractivity contribution in [3.05, 3.63) is 23.3 Å². The quantitative estimate of drug-likeness (QED) is 0.544. The van der Waals surface area contributed by atoms with Gasteiger partial charge in [0.1, 0.15) is 5.52 Å². The van der Waals surface area contributed by atoms with Crippen LogP contribution in [0.3, 0.4) is 0 Å². The van der Waals surface area contributed by atoms with Gasteiger partial charge < -0.3 is 16.0 Å². The van der Waals surface area contributed by atoms with Gasteiger partial charge in [-0.05, 0) is 31.2 Å². The van der Waals surface area contributed by atoms with Crippen LogP contribution in [0.15, 0.2) is 6.33 Å². The summed E-state index contributed by atoms with van der Waals surface area (Å²) in [6, 6.07) is 0. The smallest absolute Gasteiger partial charge is 0.224 e. The van der Waals surface area contributed by atoms with Gasteiger partial charge in [0.15, 0.2) is 11.5 Å². The summed E-state index contributed by atoms with van der Waals surface area (Å²) in [7, 11) is 0. The van der Waals surface area contributed by atoms with Crippen LogP contribution in [0.25, 0.3) is 11.2 Å². The Balaban J connectivity index is 1.59.